The van der Waals surface area contributed by atoms with Crippen LogP contribution in [0.1, 0.15) is 43.1 Å². The van der Waals surface area contributed by atoms with Crippen LogP contribution in [0.5, 0.6) is 0 Å². The first-order valence-electron chi connectivity index (χ1n) is 6.78. The van der Waals surface area contributed by atoms with Crippen LogP contribution in [0.15, 0.2) is 30.3 Å². The molecule has 1 aliphatic carbocycles. The fourth-order valence-electron chi connectivity index (χ4n) is 2.16. The summed E-state index contributed by atoms with van der Waals surface area (Å²) in [7, 11) is 0. The highest BCUT2D eigenvalue weighted by Gasteiger charge is 2.27. The smallest absolute Gasteiger partial charge is 0.136 e. The average Bonchev–Trinajstić information content (AvgIpc) is 3.22. The van der Waals surface area contributed by atoms with E-state index in [9.17, 15) is 0 Å². The SMILES string of the molecule is CC(Nc1cc(N)nc(C2CC2)n1)c1cccc(Cl)c1. The normalized spacial score (nSPS) is 15.9. The third-order valence-corrected chi connectivity index (χ3v) is 3.65. The lowest BCUT2D eigenvalue weighted by molar-refractivity contribution is 0.856. The van der Waals surface area contributed by atoms with Gasteiger partial charge in [0.05, 0.1) is 0 Å². The summed E-state index contributed by atoms with van der Waals surface area (Å²) < 4.78 is 0. The monoisotopic (exact) mass is 288 g/mol. The van der Waals surface area contributed by atoms with Gasteiger partial charge in [-0.25, -0.2) is 9.97 Å². The minimum absolute atomic E-state index is 0.107. The average molecular weight is 289 g/mol. The zero-order valence-corrected chi connectivity index (χ0v) is 12.1. The molecule has 0 spiro atoms. The molecule has 0 radical (unpaired) electrons. The van der Waals surface area contributed by atoms with Crippen molar-refractivity contribution in [3.8, 4) is 0 Å². The zero-order valence-electron chi connectivity index (χ0n) is 11.3. The van der Waals surface area contributed by atoms with Gasteiger partial charge >= 0.3 is 0 Å². The second-order valence-electron chi connectivity index (χ2n) is 5.23. The van der Waals surface area contributed by atoms with E-state index in [1.54, 1.807) is 6.07 Å². The minimum Gasteiger partial charge on any atom is -0.384 e. The molecule has 0 bridgehead atoms. The predicted octanol–water partition coefficient (Wildman–Crippen LogP) is 3.76. The van der Waals surface area contributed by atoms with Crippen molar-refractivity contribution in [3.05, 3.63) is 46.7 Å². The predicted molar refractivity (Wildman–Crippen MR) is 81.9 cm³/mol. The quantitative estimate of drug-likeness (QED) is 0.899. The Bertz CT molecular complexity index is 625. The van der Waals surface area contributed by atoms with Crippen LogP contribution < -0.4 is 11.1 Å². The minimum atomic E-state index is 0.107. The molecule has 104 valence electrons. The summed E-state index contributed by atoms with van der Waals surface area (Å²) in [6.07, 6.45) is 2.32. The van der Waals surface area contributed by atoms with Crippen molar-refractivity contribution in [2.24, 2.45) is 0 Å². The molecule has 3 rings (SSSR count). The van der Waals surface area contributed by atoms with Gasteiger partial charge in [-0.3, -0.25) is 0 Å². The van der Waals surface area contributed by atoms with Gasteiger partial charge in [-0.2, -0.15) is 0 Å². The summed E-state index contributed by atoms with van der Waals surface area (Å²) >= 11 is 6.02. The van der Waals surface area contributed by atoms with E-state index in [1.165, 1.54) is 0 Å². The van der Waals surface area contributed by atoms with Crippen molar-refractivity contribution in [2.45, 2.75) is 31.7 Å². The van der Waals surface area contributed by atoms with Gasteiger partial charge in [-0.1, -0.05) is 23.7 Å². The van der Waals surface area contributed by atoms with Crippen LogP contribution in [0, 0.1) is 0 Å². The Labute approximate surface area is 123 Å². The third kappa shape index (κ3) is 3.02. The van der Waals surface area contributed by atoms with Crippen molar-refractivity contribution in [1.29, 1.82) is 0 Å². The first kappa shape index (κ1) is 13.2. The van der Waals surface area contributed by atoms with E-state index in [4.69, 9.17) is 17.3 Å². The lowest BCUT2D eigenvalue weighted by Crippen LogP contribution is -2.10. The van der Waals surface area contributed by atoms with Crippen LogP contribution >= 0.6 is 11.6 Å². The number of anilines is 2. The molecule has 0 amide bonds. The molecule has 1 atom stereocenters. The molecule has 1 aromatic heterocycles. The van der Waals surface area contributed by atoms with E-state index in [0.29, 0.717) is 11.7 Å². The molecule has 1 aromatic carbocycles. The molecule has 20 heavy (non-hydrogen) atoms. The van der Waals surface area contributed by atoms with Gasteiger partial charge in [-0.15, -0.1) is 0 Å². The molecular formula is C15H17ClN4. The van der Waals surface area contributed by atoms with Crippen LogP contribution in [0.2, 0.25) is 5.02 Å². The van der Waals surface area contributed by atoms with Crippen LogP contribution in [0.4, 0.5) is 11.6 Å². The van der Waals surface area contributed by atoms with Crippen LogP contribution in [-0.2, 0) is 0 Å². The van der Waals surface area contributed by atoms with Crippen molar-refractivity contribution in [1.82, 2.24) is 9.97 Å². The van der Waals surface area contributed by atoms with E-state index in [1.807, 2.05) is 24.3 Å². The number of hydrogen-bond donors (Lipinski definition) is 2. The van der Waals surface area contributed by atoms with E-state index < -0.39 is 0 Å². The highest BCUT2D eigenvalue weighted by atomic mass is 35.5. The Kier molecular flexibility index (Phi) is 3.49. The van der Waals surface area contributed by atoms with Crippen LogP contribution in [-0.4, -0.2) is 9.97 Å². The lowest BCUT2D eigenvalue weighted by Gasteiger charge is -2.16. The van der Waals surface area contributed by atoms with Gasteiger partial charge in [0.25, 0.3) is 0 Å². The number of nitrogens with one attached hydrogen (secondary N) is 1. The maximum absolute atomic E-state index is 6.02. The Morgan fingerprint density at radius 1 is 1.30 bits per heavy atom. The Morgan fingerprint density at radius 3 is 2.80 bits per heavy atom. The molecule has 1 aliphatic rings. The van der Waals surface area contributed by atoms with Gasteiger partial charge in [-0.05, 0) is 37.5 Å². The Balaban J connectivity index is 1.80. The summed E-state index contributed by atoms with van der Waals surface area (Å²) in [6.45, 7) is 2.07. The third-order valence-electron chi connectivity index (χ3n) is 3.42. The molecule has 1 saturated carbocycles. The topological polar surface area (TPSA) is 63.8 Å². The van der Waals surface area contributed by atoms with Crippen molar-refractivity contribution >= 4 is 23.2 Å². The first-order chi connectivity index (χ1) is 9.61. The number of nitrogens with zero attached hydrogens (tertiary/aromatic N) is 2. The number of hydrogen-bond acceptors (Lipinski definition) is 4. The standard InChI is InChI=1S/C15H17ClN4/c1-9(11-3-2-4-12(16)7-11)18-14-8-13(17)19-15(20-14)10-5-6-10/h2-4,7-10H,5-6H2,1H3,(H3,17,18,19,20). The Hall–Kier alpha value is -1.81. The number of nitrogens with two attached hydrogens (primary N) is 1. The first-order valence-corrected chi connectivity index (χ1v) is 7.16. The van der Waals surface area contributed by atoms with Gasteiger partial charge < -0.3 is 11.1 Å². The van der Waals surface area contributed by atoms with Gasteiger partial charge in [0.2, 0.25) is 0 Å². The molecule has 3 N–H and O–H groups in total. The molecule has 4 nitrogen and oxygen atoms in total. The maximum Gasteiger partial charge on any atom is 0.136 e. The largest absolute Gasteiger partial charge is 0.384 e. The maximum atomic E-state index is 6.02. The second kappa shape index (κ2) is 5.29. The van der Waals surface area contributed by atoms with Gasteiger partial charge in [0, 0.05) is 23.0 Å². The zero-order chi connectivity index (χ0) is 14.1. The summed E-state index contributed by atoms with van der Waals surface area (Å²) in [5.41, 5.74) is 6.96. The highest BCUT2D eigenvalue weighted by Crippen LogP contribution is 2.38. The molecule has 1 fully saturated rings. The van der Waals surface area contributed by atoms with E-state index in [-0.39, 0.29) is 6.04 Å². The van der Waals surface area contributed by atoms with Gasteiger partial charge in [0.1, 0.15) is 17.5 Å². The fourth-order valence-corrected chi connectivity index (χ4v) is 2.36. The molecule has 5 heteroatoms. The fraction of sp³-hybridized carbons (Fsp3) is 0.333. The number of benzene rings is 1. The number of aromatic nitrogens is 2. The summed E-state index contributed by atoms with van der Waals surface area (Å²) in [5, 5.41) is 4.09. The van der Waals surface area contributed by atoms with Crippen molar-refractivity contribution in [2.75, 3.05) is 11.1 Å². The Morgan fingerprint density at radius 2 is 2.10 bits per heavy atom. The molecule has 1 heterocycles. The molecule has 1 unspecified atom stereocenters. The molecule has 2 aromatic rings. The highest BCUT2D eigenvalue weighted by molar-refractivity contribution is 6.30. The van der Waals surface area contributed by atoms with Crippen LogP contribution in [0.25, 0.3) is 0 Å². The number of halogens is 1. The summed E-state index contributed by atoms with van der Waals surface area (Å²) in [6, 6.07) is 9.68. The van der Waals surface area contributed by atoms with E-state index >= 15 is 0 Å². The summed E-state index contributed by atoms with van der Waals surface area (Å²) in [4.78, 5) is 8.84. The molecular weight excluding hydrogens is 272 g/mol. The van der Waals surface area contributed by atoms with E-state index in [2.05, 4.69) is 22.2 Å². The second-order valence-corrected chi connectivity index (χ2v) is 5.67. The number of rotatable bonds is 4. The number of nitrogen functional groups attached to an aromatic ring is 1. The van der Waals surface area contributed by atoms with Gasteiger partial charge in [0.15, 0.2) is 0 Å². The van der Waals surface area contributed by atoms with Crippen molar-refractivity contribution in [3.63, 3.8) is 0 Å². The lowest BCUT2D eigenvalue weighted by atomic mass is 10.1. The summed E-state index contributed by atoms with van der Waals surface area (Å²) in [5.74, 6) is 2.63. The van der Waals surface area contributed by atoms with E-state index in [0.717, 1.165) is 35.1 Å². The van der Waals surface area contributed by atoms with Crippen LogP contribution in [0.3, 0.4) is 0 Å². The molecule has 0 saturated heterocycles. The van der Waals surface area contributed by atoms with Crippen molar-refractivity contribution < 1.29 is 0 Å². The molecule has 0 aliphatic heterocycles.